The molecule has 0 aliphatic carbocycles. The van der Waals surface area contributed by atoms with E-state index in [2.05, 4.69) is 10.3 Å². The maximum Gasteiger partial charge on any atom is 0.341 e. The molecule has 1 heterocycles. The van der Waals surface area contributed by atoms with Gasteiger partial charge in [-0.1, -0.05) is 24.3 Å². The molecule has 8 heteroatoms. The van der Waals surface area contributed by atoms with Crippen LogP contribution in [-0.2, 0) is 22.6 Å². The first-order valence-electron chi connectivity index (χ1n) is 8.34. The Morgan fingerprint density at radius 2 is 1.89 bits per heavy atom. The summed E-state index contributed by atoms with van der Waals surface area (Å²) < 4.78 is 23.9. The van der Waals surface area contributed by atoms with Crippen molar-refractivity contribution in [2.24, 2.45) is 0 Å². The number of ether oxygens (including phenoxy) is 2. The van der Waals surface area contributed by atoms with Crippen LogP contribution in [0.5, 0.6) is 5.75 Å². The van der Waals surface area contributed by atoms with E-state index in [0.717, 1.165) is 0 Å². The number of anilines is 1. The van der Waals surface area contributed by atoms with Gasteiger partial charge in [0.05, 0.1) is 30.5 Å². The van der Waals surface area contributed by atoms with Crippen molar-refractivity contribution < 1.29 is 23.5 Å². The van der Waals surface area contributed by atoms with Gasteiger partial charge in [0.15, 0.2) is 0 Å². The molecule has 0 radical (unpaired) electrons. The number of rotatable bonds is 7. The normalized spacial score (nSPS) is 10.4. The number of para-hydroxylation sites is 2. The second kappa shape index (κ2) is 9.09. The van der Waals surface area contributed by atoms with Crippen LogP contribution in [-0.4, -0.2) is 24.0 Å². The Bertz CT molecular complexity index is 990. The lowest BCUT2D eigenvalue weighted by atomic mass is 10.2. The van der Waals surface area contributed by atoms with Crippen LogP contribution in [0.1, 0.15) is 21.1 Å². The highest BCUT2D eigenvalue weighted by atomic mass is 32.1. The van der Waals surface area contributed by atoms with E-state index in [9.17, 15) is 14.0 Å². The molecule has 0 unspecified atom stereocenters. The fraction of sp³-hybridized carbons (Fsp3) is 0.150. The molecule has 1 amide bonds. The van der Waals surface area contributed by atoms with E-state index in [1.54, 1.807) is 29.6 Å². The van der Waals surface area contributed by atoms with Crippen LogP contribution in [0.2, 0.25) is 0 Å². The summed E-state index contributed by atoms with van der Waals surface area (Å²) in [6.07, 6.45) is 0.0734. The number of amides is 1. The first-order valence-corrected chi connectivity index (χ1v) is 9.22. The van der Waals surface area contributed by atoms with Gasteiger partial charge in [0.2, 0.25) is 5.91 Å². The number of thiazole rings is 1. The van der Waals surface area contributed by atoms with Crippen molar-refractivity contribution in [2.75, 3.05) is 12.4 Å². The second-order valence-corrected chi connectivity index (χ2v) is 6.66. The molecule has 0 spiro atoms. The molecule has 3 aromatic rings. The second-order valence-electron chi connectivity index (χ2n) is 5.71. The summed E-state index contributed by atoms with van der Waals surface area (Å²) >= 11 is 1.28. The molecule has 0 saturated heterocycles. The Hall–Kier alpha value is -3.26. The maximum atomic E-state index is 13.6. The number of aromatic nitrogens is 1. The summed E-state index contributed by atoms with van der Waals surface area (Å²) in [5, 5.41) is 5.04. The highest BCUT2D eigenvalue weighted by molar-refractivity contribution is 7.09. The van der Waals surface area contributed by atoms with Crippen molar-refractivity contribution in [1.82, 2.24) is 4.98 Å². The van der Waals surface area contributed by atoms with E-state index in [4.69, 9.17) is 9.47 Å². The van der Waals surface area contributed by atoms with Crippen molar-refractivity contribution >= 4 is 28.9 Å². The van der Waals surface area contributed by atoms with Crippen LogP contribution >= 0.6 is 11.3 Å². The zero-order valence-corrected chi connectivity index (χ0v) is 15.8. The molecule has 3 rings (SSSR count). The van der Waals surface area contributed by atoms with Gasteiger partial charge in [-0.25, -0.2) is 14.2 Å². The van der Waals surface area contributed by atoms with Crippen molar-refractivity contribution in [3.63, 3.8) is 0 Å². The number of nitrogens with zero attached hydrogens (tertiary/aromatic N) is 1. The first kappa shape index (κ1) is 19.5. The van der Waals surface area contributed by atoms with Gasteiger partial charge in [-0.3, -0.25) is 4.79 Å². The van der Waals surface area contributed by atoms with E-state index in [0.29, 0.717) is 22.1 Å². The predicted octanol–water partition coefficient (Wildman–Crippen LogP) is 3.83. The van der Waals surface area contributed by atoms with Crippen molar-refractivity contribution in [3.05, 3.63) is 76.0 Å². The quantitative estimate of drug-likeness (QED) is 0.610. The highest BCUT2D eigenvalue weighted by Gasteiger charge is 2.14. The van der Waals surface area contributed by atoms with Crippen molar-refractivity contribution in [1.29, 1.82) is 0 Å². The Morgan fingerprint density at radius 1 is 1.14 bits per heavy atom. The fourth-order valence-corrected chi connectivity index (χ4v) is 3.20. The average Bonchev–Trinajstić information content (AvgIpc) is 3.14. The van der Waals surface area contributed by atoms with Crippen molar-refractivity contribution in [2.45, 2.75) is 13.0 Å². The standard InChI is InChI=1S/C20H17FN2O4S/c1-26-17-9-5-4-8-16(17)23-18(24)10-19-22-13(12-28-19)11-27-20(25)14-6-2-3-7-15(14)21/h2-9,12H,10-11H2,1H3,(H,23,24). The zero-order valence-electron chi connectivity index (χ0n) is 15.0. The summed E-state index contributed by atoms with van der Waals surface area (Å²) in [5.74, 6) is -1.08. The third-order valence-corrected chi connectivity index (χ3v) is 4.63. The van der Waals surface area contributed by atoms with E-state index < -0.39 is 11.8 Å². The summed E-state index contributed by atoms with van der Waals surface area (Å²) in [6.45, 7) is -0.0994. The molecular formula is C20H17FN2O4S. The third-order valence-electron chi connectivity index (χ3n) is 3.74. The number of carbonyl (C=O) groups is 2. The molecule has 0 bridgehead atoms. The van der Waals surface area contributed by atoms with Crippen molar-refractivity contribution in [3.8, 4) is 5.75 Å². The highest BCUT2D eigenvalue weighted by Crippen LogP contribution is 2.23. The average molecular weight is 400 g/mol. The van der Waals surface area contributed by atoms with Gasteiger partial charge in [-0.15, -0.1) is 11.3 Å². The molecule has 2 aromatic carbocycles. The largest absolute Gasteiger partial charge is 0.495 e. The monoisotopic (exact) mass is 400 g/mol. The molecular weight excluding hydrogens is 383 g/mol. The lowest BCUT2D eigenvalue weighted by Gasteiger charge is -2.08. The Kier molecular flexibility index (Phi) is 6.33. The minimum Gasteiger partial charge on any atom is -0.495 e. The van der Waals surface area contributed by atoms with Gasteiger partial charge >= 0.3 is 5.97 Å². The number of nitrogens with one attached hydrogen (secondary N) is 1. The number of hydrogen-bond donors (Lipinski definition) is 1. The molecule has 0 atom stereocenters. The number of halogens is 1. The Morgan fingerprint density at radius 3 is 2.68 bits per heavy atom. The Balaban J connectivity index is 1.54. The summed E-state index contributed by atoms with van der Waals surface area (Å²) in [5.41, 5.74) is 0.939. The number of carbonyl (C=O) groups excluding carboxylic acids is 2. The number of benzene rings is 2. The minimum atomic E-state index is -0.762. The molecule has 1 N–H and O–H groups in total. The van der Waals surface area contributed by atoms with Crippen LogP contribution in [0.15, 0.2) is 53.9 Å². The van der Waals surface area contributed by atoms with Crippen LogP contribution in [0.4, 0.5) is 10.1 Å². The predicted molar refractivity (Wildman–Crippen MR) is 103 cm³/mol. The van der Waals surface area contributed by atoms with Crippen LogP contribution in [0.3, 0.4) is 0 Å². The van der Waals surface area contributed by atoms with Crippen LogP contribution < -0.4 is 10.1 Å². The van der Waals surface area contributed by atoms with E-state index >= 15 is 0 Å². The molecule has 0 fully saturated rings. The van der Waals surface area contributed by atoms with Gasteiger partial charge in [0.25, 0.3) is 0 Å². The Labute approximate surface area is 164 Å². The van der Waals surface area contributed by atoms with E-state index in [-0.39, 0.29) is 24.5 Å². The molecule has 6 nitrogen and oxygen atoms in total. The van der Waals surface area contributed by atoms with Gasteiger partial charge in [0, 0.05) is 5.38 Å². The lowest BCUT2D eigenvalue weighted by Crippen LogP contribution is -2.15. The fourth-order valence-electron chi connectivity index (χ4n) is 2.42. The van der Waals surface area contributed by atoms with Gasteiger partial charge < -0.3 is 14.8 Å². The molecule has 144 valence electrons. The number of esters is 1. The van der Waals surface area contributed by atoms with Crippen LogP contribution in [0.25, 0.3) is 0 Å². The topological polar surface area (TPSA) is 77.5 Å². The number of methoxy groups -OCH3 is 1. The molecule has 0 aliphatic heterocycles. The maximum absolute atomic E-state index is 13.6. The minimum absolute atomic E-state index is 0.0734. The third kappa shape index (κ3) is 4.92. The summed E-state index contributed by atoms with van der Waals surface area (Å²) in [6, 6.07) is 12.7. The van der Waals surface area contributed by atoms with E-state index in [1.165, 1.54) is 36.6 Å². The number of hydrogen-bond acceptors (Lipinski definition) is 6. The van der Waals surface area contributed by atoms with E-state index in [1.807, 2.05) is 6.07 Å². The smallest absolute Gasteiger partial charge is 0.341 e. The van der Waals surface area contributed by atoms with Gasteiger partial charge in [0.1, 0.15) is 23.2 Å². The zero-order chi connectivity index (χ0) is 19.9. The molecule has 0 saturated carbocycles. The first-order chi connectivity index (χ1) is 13.6. The molecule has 0 aliphatic rings. The molecule has 1 aromatic heterocycles. The van der Waals surface area contributed by atoms with Gasteiger partial charge in [-0.05, 0) is 24.3 Å². The lowest BCUT2D eigenvalue weighted by molar-refractivity contribution is -0.115. The van der Waals surface area contributed by atoms with Crippen LogP contribution in [0, 0.1) is 5.82 Å². The van der Waals surface area contributed by atoms with Gasteiger partial charge in [-0.2, -0.15) is 0 Å². The summed E-state index contributed by atoms with van der Waals surface area (Å²) in [4.78, 5) is 28.4. The molecule has 28 heavy (non-hydrogen) atoms. The SMILES string of the molecule is COc1ccccc1NC(=O)Cc1nc(COC(=O)c2ccccc2F)cs1. The summed E-state index contributed by atoms with van der Waals surface area (Å²) in [7, 11) is 1.53.